The molecule has 7 nitrogen and oxygen atoms in total. The van der Waals surface area contributed by atoms with Gasteiger partial charge in [-0.25, -0.2) is 0 Å². The van der Waals surface area contributed by atoms with Gasteiger partial charge in [0, 0.05) is 44.7 Å². The number of carbonyl (C=O) groups is 1. The maximum Gasteiger partial charge on any atom is 0.223 e. The van der Waals surface area contributed by atoms with E-state index >= 15 is 0 Å². The number of amides is 1. The quantitative estimate of drug-likeness (QED) is 0.627. The van der Waals surface area contributed by atoms with Crippen LogP contribution < -0.4 is 11.1 Å². The summed E-state index contributed by atoms with van der Waals surface area (Å²) < 4.78 is 1.91. The predicted octanol–water partition coefficient (Wildman–Crippen LogP) is 0.985. The van der Waals surface area contributed by atoms with Gasteiger partial charge in [-0.05, 0) is 5.56 Å². The first-order chi connectivity index (χ1) is 12.1. The molecule has 0 bridgehead atoms. The number of aromatic nitrogens is 2. The normalized spacial score (nSPS) is 21.0. The molecule has 1 aliphatic heterocycles. The van der Waals surface area contributed by atoms with Crippen molar-refractivity contribution in [3.05, 3.63) is 53.9 Å². The second kappa shape index (κ2) is 7.38. The zero-order chi connectivity index (χ0) is 17.8. The fourth-order valence-electron chi connectivity index (χ4n) is 3.33. The summed E-state index contributed by atoms with van der Waals surface area (Å²) >= 11 is 0. The third-order valence-electron chi connectivity index (χ3n) is 4.66. The summed E-state index contributed by atoms with van der Waals surface area (Å²) in [6.07, 6.45) is 4.37. The molecular formula is C18H24N6O. The van der Waals surface area contributed by atoms with E-state index in [4.69, 9.17) is 5.73 Å². The molecule has 1 aliphatic rings. The monoisotopic (exact) mass is 340 g/mol. The lowest BCUT2D eigenvalue weighted by Gasteiger charge is -2.24. The van der Waals surface area contributed by atoms with Gasteiger partial charge in [0.2, 0.25) is 5.91 Å². The van der Waals surface area contributed by atoms with Crippen LogP contribution in [0.2, 0.25) is 0 Å². The molecule has 0 unspecified atom stereocenters. The molecule has 2 heterocycles. The minimum atomic E-state index is -0.00539. The average Bonchev–Trinajstić information content (AvgIpc) is 3.18. The Morgan fingerprint density at radius 2 is 2.16 bits per heavy atom. The number of rotatable bonds is 5. The van der Waals surface area contributed by atoms with E-state index in [1.165, 1.54) is 5.56 Å². The summed E-state index contributed by atoms with van der Waals surface area (Å²) in [4.78, 5) is 17.9. The number of nitrogens with two attached hydrogens (primary N) is 1. The number of guanidine groups is 1. The molecule has 0 aliphatic carbocycles. The van der Waals surface area contributed by atoms with E-state index in [1.807, 2.05) is 42.3 Å². The smallest absolute Gasteiger partial charge is 0.223 e. The van der Waals surface area contributed by atoms with E-state index in [-0.39, 0.29) is 17.9 Å². The molecule has 132 valence electrons. The van der Waals surface area contributed by atoms with Gasteiger partial charge in [-0.2, -0.15) is 5.10 Å². The minimum absolute atomic E-state index is 0.00539. The van der Waals surface area contributed by atoms with Crippen LogP contribution in [0.3, 0.4) is 0 Å². The lowest BCUT2D eigenvalue weighted by Crippen LogP contribution is -2.36. The van der Waals surface area contributed by atoms with Crippen molar-refractivity contribution >= 4 is 11.9 Å². The van der Waals surface area contributed by atoms with Crippen molar-refractivity contribution in [1.29, 1.82) is 0 Å². The molecule has 1 aromatic heterocycles. The van der Waals surface area contributed by atoms with E-state index in [9.17, 15) is 4.79 Å². The number of benzene rings is 1. The van der Waals surface area contributed by atoms with Gasteiger partial charge in [-0.3, -0.25) is 14.5 Å². The second-order valence-corrected chi connectivity index (χ2v) is 6.36. The van der Waals surface area contributed by atoms with Crippen LogP contribution in [0, 0.1) is 5.92 Å². The Bertz CT molecular complexity index is 754. The number of nitrogens with one attached hydrogen (secondary N) is 1. The Labute approximate surface area is 147 Å². The van der Waals surface area contributed by atoms with Crippen molar-refractivity contribution in [1.82, 2.24) is 20.0 Å². The largest absolute Gasteiger partial charge is 0.370 e. The van der Waals surface area contributed by atoms with Crippen molar-refractivity contribution < 1.29 is 4.79 Å². The number of aliphatic imine (C=N–C) groups is 1. The van der Waals surface area contributed by atoms with Crippen LogP contribution in [0.1, 0.15) is 23.6 Å². The third-order valence-corrected chi connectivity index (χ3v) is 4.66. The first-order valence-electron chi connectivity index (χ1n) is 8.36. The van der Waals surface area contributed by atoms with Gasteiger partial charge in [0.05, 0.1) is 18.8 Å². The summed E-state index contributed by atoms with van der Waals surface area (Å²) in [5.41, 5.74) is 7.96. The molecule has 1 fully saturated rings. The topological polar surface area (TPSA) is 88.5 Å². The molecule has 0 spiro atoms. The van der Waals surface area contributed by atoms with E-state index in [0.717, 1.165) is 5.56 Å². The number of carbonyl (C=O) groups excluding carboxylic acids is 1. The molecule has 3 rings (SSSR count). The molecule has 7 heteroatoms. The van der Waals surface area contributed by atoms with Crippen LogP contribution in [-0.4, -0.2) is 47.2 Å². The zero-order valence-electron chi connectivity index (χ0n) is 14.6. The highest BCUT2D eigenvalue weighted by Gasteiger charge is 2.39. The summed E-state index contributed by atoms with van der Waals surface area (Å²) in [5, 5.41) is 7.55. The van der Waals surface area contributed by atoms with Crippen LogP contribution in [0.25, 0.3) is 0 Å². The predicted molar refractivity (Wildman–Crippen MR) is 96.9 cm³/mol. The fraction of sp³-hybridized carbons (Fsp3) is 0.389. The summed E-state index contributed by atoms with van der Waals surface area (Å²) in [7, 11) is 3.48. The molecule has 2 atom stereocenters. The standard InChI is InChI=1S/C18H24N6O/c1-20-18(19)21-9-14-8-16(25)23(2)17(14)15-10-22-24(12-15)11-13-6-4-3-5-7-13/h3-7,10,12,14,17H,8-9,11H2,1-2H3,(H3,19,20,21)/t14-,17+/m0/s1. The van der Waals surface area contributed by atoms with Gasteiger partial charge in [0.25, 0.3) is 0 Å². The van der Waals surface area contributed by atoms with Crippen LogP contribution in [0.5, 0.6) is 0 Å². The van der Waals surface area contributed by atoms with Crippen LogP contribution in [0.15, 0.2) is 47.7 Å². The van der Waals surface area contributed by atoms with Crippen LogP contribution >= 0.6 is 0 Å². The number of hydrogen-bond acceptors (Lipinski definition) is 3. The lowest BCUT2D eigenvalue weighted by atomic mass is 9.96. The van der Waals surface area contributed by atoms with Crippen molar-refractivity contribution in [3.8, 4) is 0 Å². The number of hydrogen-bond donors (Lipinski definition) is 2. The van der Waals surface area contributed by atoms with Crippen molar-refractivity contribution in [2.24, 2.45) is 16.6 Å². The molecule has 1 saturated heterocycles. The molecule has 25 heavy (non-hydrogen) atoms. The fourth-order valence-corrected chi connectivity index (χ4v) is 3.33. The highest BCUT2D eigenvalue weighted by Crippen LogP contribution is 2.36. The van der Waals surface area contributed by atoms with Crippen molar-refractivity contribution in [3.63, 3.8) is 0 Å². The maximum atomic E-state index is 12.2. The van der Waals surface area contributed by atoms with Crippen molar-refractivity contribution in [2.75, 3.05) is 20.6 Å². The highest BCUT2D eigenvalue weighted by molar-refractivity contribution is 5.80. The molecule has 0 saturated carbocycles. The van der Waals surface area contributed by atoms with Crippen LogP contribution in [-0.2, 0) is 11.3 Å². The van der Waals surface area contributed by atoms with Gasteiger partial charge < -0.3 is 16.0 Å². The van der Waals surface area contributed by atoms with E-state index in [0.29, 0.717) is 25.5 Å². The van der Waals surface area contributed by atoms with Crippen molar-refractivity contribution in [2.45, 2.75) is 19.0 Å². The molecule has 1 aromatic carbocycles. The van der Waals surface area contributed by atoms with Gasteiger partial charge in [0.15, 0.2) is 5.96 Å². The minimum Gasteiger partial charge on any atom is -0.370 e. The van der Waals surface area contributed by atoms with Gasteiger partial charge in [-0.15, -0.1) is 0 Å². The van der Waals surface area contributed by atoms with Gasteiger partial charge >= 0.3 is 0 Å². The third kappa shape index (κ3) is 3.81. The first-order valence-corrected chi connectivity index (χ1v) is 8.36. The van der Waals surface area contributed by atoms with E-state index < -0.39 is 0 Å². The first kappa shape index (κ1) is 17.0. The summed E-state index contributed by atoms with van der Waals surface area (Å²) in [5.74, 6) is 0.660. The Morgan fingerprint density at radius 1 is 1.40 bits per heavy atom. The lowest BCUT2D eigenvalue weighted by molar-refractivity contribution is -0.127. The Hall–Kier alpha value is -2.83. The molecule has 0 radical (unpaired) electrons. The van der Waals surface area contributed by atoms with Gasteiger partial charge in [-0.1, -0.05) is 30.3 Å². The Morgan fingerprint density at radius 3 is 2.88 bits per heavy atom. The molecular weight excluding hydrogens is 316 g/mol. The molecule has 1 amide bonds. The van der Waals surface area contributed by atoms with Crippen LogP contribution in [0.4, 0.5) is 0 Å². The summed E-state index contributed by atoms with van der Waals surface area (Å²) in [6.45, 7) is 1.32. The van der Waals surface area contributed by atoms with Gasteiger partial charge in [0.1, 0.15) is 0 Å². The second-order valence-electron chi connectivity index (χ2n) is 6.36. The number of nitrogens with zero attached hydrogens (tertiary/aromatic N) is 4. The SMILES string of the molecule is CN=C(N)NC[C@@H]1CC(=O)N(C)[C@H]1c1cnn(Cc2ccccc2)c1. The average molecular weight is 340 g/mol. The van der Waals surface area contributed by atoms with E-state index in [1.54, 1.807) is 11.9 Å². The zero-order valence-corrected chi connectivity index (χ0v) is 14.6. The molecule has 2 aromatic rings. The Balaban J connectivity index is 1.75. The highest BCUT2D eigenvalue weighted by atomic mass is 16.2. The Kier molecular flexibility index (Phi) is 5.02. The number of likely N-dealkylation sites (tertiary alicyclic amines) is 1. The summed E-state index contributed by atoms with van der Waals surface area (Å²) in [6, 6.07) is 10.2. The molecule has 3 N–H and O–H groups in total. The van der Waals surface area contributed by atoms with E-state index in [2.05, 4.69) is 27.5 Å². The maximum absolute atomic E-state index is 12.2.